The van der Waals surface area contributed by atoms with Gasteiger partial charge in [-0.1, -0.05) is 60.7 Å². The molecule has 1 atom stereocenters. The number of hydrogen-bond acceptors (Lipinski definition) is 7. The molecule has 0 unspecified atom stereocenters. The van der Waals surface area contributed by atoms with E-state index in [1.54, 1.807) is 42.6 Å². The average Bonchev–Trinajstić information content (AvgIpc) is 3.01. The first-order valence-corrected chi connectivity index (χ1v) is 13.4. The molecule has 0 saturated heterocycles. The first-order valence-electron chi connectivity index (χ1n) is 13.4. The maximum absolute atomic E-state index is 13.4. The van der Waals surface area contributed by atoms with Crippen LogP contribution < -0.4 is 21.7 Å². The van der Waals surface area contributed by atoms with Crippen LogP contribution in [0, 0.1) is 0 Å². The van der Waals surface area contributed by atoms with E-state index in [0.29, 0.717) is 23.0 Å². The van der Waals surface area contributed by atoms with Gasteiger partial charge in [0.1, 0.15) is 6.04 Å². The fourth-order valence-electron chi connectivity index (χ4n) is 4.44. The second-order valence-electron chi connectivity index (χ2n) is 9.65. The molecular weight excluding hydrogens is 544 g/mol. The summed E-state index contributed by atoms with van der Waals surface area (Å²) in [6, 6.07) is 30.3. The summed E-state index contributed by atoms with van der Waals surface area (Å²) in [5.74, 6) is -1.93. The molecule has 43 heavy (non-hydrogen) atoms. The third-order valence-corrected chi connectivity index (χ3v) is 6.55. The van der Waals surface area contributed by atoms with Gasteiger partial charge in [-0.05, 0) is 54.1 Å². The molecular formula is C33H28N6O4. The van der Waals surface area contributed by atoms with E-state index in [-0.39, 0.29) is 17.5 Å². The number of nitrogens with zero attached hydrogens (tertiary/aromatic N) is 2. The molecule has 2 amide bonds. The van der Waals surface area contributed by atoms with Gasteiger partial charge >= 0.3 is 5.97 Å². The number of nitrogens with two attached hydrogens (primary N) is 1. The standard InChI is InChI=1S/C33H28N6O4/c34-23-9-6-10-25(20-23)37-33-35-18-17-28(39-33)22-13-15-24(16-14-22)36-31(41)29(19-21-7-2-1-3-8-21)38-30(40)26-11-4-5-12-27(26)32(42)43/h1-18,20,29H,19,34H2,(H,36,41)(H,38,40)(H,42,43)(H,35,37,39)/t29-/m0/s1. The van der Waals surface area contributed by atoms with Crippen molar-refractivity contribution in [3.63, 3.8) is 0 Å². The van der Waals surface area contributed by atoms with Gasteiger partial charge in [0.2, 0.25) is 11.9 Å². The number of benzene rings is 4. The highest BCUT2D eigenvalue weighted by molar-refractivity contribution is 6.07. The van der Waals surface area contributed by atoms with Gasteiger partial charge in [-0.2, -0.15) is 0 Å². The number of rotatable bonds is 10. The zero-order valence-electron chi connectivity index (χ0n) is 22.9. The van der Waals surface area contributed by atoms with Crippen molar-refractivity contribution < 1.29 is 19.5 Å². The van der Waals surface area contributed by atoms with Gasteiger partial charge in [0.25, 0.3) is 5.91 Å². The van der Waals surface area contributed by atoms with Crippen LogP contribution in [-0.2, 0) is 11.2 Å². The minimum absolute atomic E-state index is 0.0281. The molecule has 10 heteroatoms. The molecule has 0 spiro atoms. The maximum atomic E-state index is 13.4. The molecule has 0 saturated carbocycles. The first-order chi connectivity index (χ1) is 20.9. The summed E-state index contributed by atoms with van der Waals surface area (Å²) >= 11 is 0. The van der Waals surface area contributed by atoms with Crippen molar-refractivity contribution in [3.05, 3.63) is 132 Å². The predicted octanol–water partition coefficient (Wildman–Crippen LogP) is 5.15. The van der Waals surface area contributed by atoms with E-state index in [4.69, 9.17) is 5.73 Å². The summed E-state index contributed by atoms with van der Waals surface area (Å²) in [6.07, 6.45) is 1.85. The maximum Gasteiger partial charge on any atom is 0.336 e. The Morgan fingerprint density at radius 1 is 0.791 bits per heavy atom. The Hall–Kier alpha value is -6.03. The third kappa shape index (κ3) is 7.39. The second kappa shape index (κ2) is 13.1. The molecule has 0 fully saturated rings. The summed E-state index contributed by atoms with van der Waals surface area (Å²) in [4.78, 5) is 47.0. The highest BCUT2D eigenvalue weighted by atomic mass is 16.4. The third-order valence-electron chi connectivity index (χ3n) is 6.55. The van der Waals surface area contributed by atoms with E-state index >= 15 is 0 Å². The van der Waals surface area contributed by atoms with Crippen LogP contribution in [0.5, 0.6) is 0 Å². The highest BCUT2D eigenvalue weighted by Crippen LogP contribution is 2.22. The summed E-state index contributed by atoms with van der Waals surface area (Å²) in [6.45, 7) is 0. The minimum Gasteiger partial charge on any atom is -0.478 e. The fraction of sp³-hybridized carbons (Fsp3) is 0.0606. The van der Waals surface area contributed by atoms with Gasteiger partial charge in [-0.3, -0.25) is 9.59 Å². The number of nitrogen functional groups attached to an aromatic ring is 1. The van der Waals surface area contributed by atoms with Gasteiger partial charge in [0, 0.05) is 35.2 Å². The second-order valence-corrected chi connectivity index (χ2v) is 9.65. The van der Waals surface area contributed by atoms with E-state index in [2.05, 4.69) is 25.9 Å². The summed E-state index contributed by atoms with van der Waals surface area (Å²) in [5, 5.41) is 18.2. The van der Waals surface area contributed by atoms with Gasteiger partial charge in [-0.25, -0.2) is 14.8 Å². The van der Waals surface area contributed by atoms with Gasteiger partial charge in [0.15, 0.2) is 0 Å². The Kier molecular flexibility index (Phi) is 8.67. The number of aromatic carboxylic acids is 1. The molecule has 214 valence electrons. The van der Waals surface area contributed by atoms with Crippen molar-refractivity contribution in [1.29, 1.82) is 0 Å². The molecule has 0 radical (unpaired) electrons. The van der Waals surface area contributed by atoms with Gasteiger partial charge in [0.05, 0.1) is 16.8 Å². The Labute approximate surface area is 247 Å². The Bertz CT molecular complexity index is 1760. The predicted molar refractivity (Wildman–Crippen MR) is 165 cm³/mol. The van der Waals surface area contributed by atoms with Crippen LogP contribution in [0.4, 0.5) is 23.0 Å². The van der Waals surface area contributed by atoms with Crippen molar-refractivity contribution in [1.82, 2.24) is 15.3 Å². The summed E-state index contributed by atoms with van der Waals surface area (Å²) in [7, 11) is 0. The summed E-state index contributed by atoms with van der Waals surface area (Å²) in [5.41, 5.74) is 9.88. The number of anilines is 4. The molecule has 0 aliphatic rings. The topological polar surface area (TPSA) is 159 Å². The molecule has 1 heterocycles. The van der Waals surface area contributed by atoms with Crippen molar-refractivity contribution >= 4 is 40.8 Å². The zero-order valence-corrected chi connectivity index (χ0v) is 22.9. The lowest BCUT2D eigenvalue weighted by Crippen LogP contribution is -2.45. The van der Waals surface area contributed by atoms with Crippen LogP contribution in [0.15, 0.2) is 115 Å². The van der Waals surface area contributed by atoms with E-state index in [0.717, 1.165) is 16.8 Å². The average molecular weight is 573 g/mol. The smallest absolute Gasteiger partial charge is 0.336 e. The van der Waals surface area contributed by atoms with E-state index in [9.17, 15) is 19.5 Å². The van der Waals surface area contributed by atoms with E-state index in [1.165, 1.54) is 18.2 Å². The molecule has 10 nitrogen and oxygen atoms in total. The zero-order chi connectivity index (χ0) is 30.2. The van der Waals surface area contributed by atoms with Crippen molar-refractivity contribution in [3.8, 4) is 11.3 Å². The van der Waals surface area contributed by atoms with Gasteiger partial charge in [-0.15, -0.1) is 0 Å². The highest BCUT2D eigenvalue weighted by Gasteiger charge is 2.24. The van der Waals surface area contributed by atoms with Crippen LogP contribution in [0.3, 0.4) is 0 Å². The summed E-state index contributed by atoms with van der Waals surface area (Å²) < 4.78 is 0. The number of amides is 2. The van der Waals surface area contributed by atoms with Crippen molar-refractivity contribution in [2.45, 2.75) is 12.5 Å². The molecule has 0 aliphatic heterocycles. The molecule has 6 N–H and O–H groups in total. The number of carboxylic acids is 1. The Morgan fingerprint density at radius 3 is 2.23 bits per heavy atom. The lowest BCUT2D eigenvalue weighted by atomic mass is 10.0. The van der Waals surface area contributed by atoms with Crippen LogP contribution in [0.25, 0.3) is 11.3 Å². The number of carboxylic acid groups (broad SMARTS) is 1. The van der Waals surface area contributed by atoms with Crippen LogP contribution in [0.1, 0.15) is 26.3 Å². The number of hydrogen-bond donors (Lipinski definition) is 5. The van der Waals surface area contributed by atoms with Crippen LogP contribution in [0.2, 0.25) is 0 Å². The van der Waals surface area contributed by atoms with Crippen LogP contribution in [-0.4, -0.2) is 38.9 Å². The lowest BCUT2D eigenvalue weighted by Gasteiger charge is -2.19. The quantitative estimate of drug-likeness (QED) is 0.144. The molecule has 5 rings (SSSR count). The fourth-order valence-corrected chi connectivity index (χ4v) is 4.44. The Balaban J connectivity index is 1.31. The van der Waals surface area contributed by atoms with Crippen molar-refractivity contribution in [2.24, 2.45) is 0 Å². The van der Waals surface area contributed by atoms with Crippen LogP contribution >= 0.6 is 0 Å². The van der Waals surface area contributed by atoms with Gasteiger partial charge < -0.3 is 26.8 Å². The Morgan fingerprint density at radius 2 is 1.51 bits per heavy atom. The molecule has 0 aliphatic carbocycles. The van der Waals surface area contributed by atoms with Crippen molar-refractivity contribution in [2.75, 3.05) is 16.4 Å². The molecule has 1 aromatic heterocycles. The molecule has 0 bridgehead atoms. The SMILES string of the molecule is Nc1cccc(Nc2nccc(-c3ccc(NC(=O)[C@H](Cc4ccccc4)NC(=O)c4ccccc4C(=O)O)cc3)n2)c1. The molecule has 4 aromatic carbocycles. The number of aromatic nitrogens is 2. The molecule has 5 aromatic rings. The monoisotopic (exact) mass is 572 g/mol. The largest absolute Gasteiger partial charge is 0.478 e. The number of carbonyl (C=O) groups excluding carboxylic acids is 2. The van der Waals surface area contributed by atoms with E-state index in [1.807, 2.05) is 54.6 Å². The van der Waals surface area contributed by atoms with E-state index < -0.39 is 23.8 Å². The number of nitrogens with one attached hydrogen (secondary N) is 3. The number of carbonyl (C=O) groups is 3. The lowest BCUT2D eigenvalue weighted by molar-refractivity contribution is -0.118. The first kappa shape index (κ1) is 28.5. The normalized spacial score (nSPS) is 11.3. The minimum atomic E-state index is -1.23.